The van der Waals surface area contributed by atoms with E-state index in [4.69, 9.17) is 5.73 Å². The molecule has 0 aromatic carbocycles. The Hall–Kier alpha value is -0.600. The van der Waals surface area contributed by atoms with E-state index in [1.165, 1.54) is 16.0 Å². The third-order valence-electron chi connectivity index (χ3n) is 3.08. The molecular formula is C13H19NS. The molecule has 0 radical (unpaired) electrons. The van der Waals surface area contributed by atoms with Crippen LogP contribution in [-0.2, 0) is 0 Å². The Kier molecular flexibility index (Phi) is 2.73. The van der Waals surface area contributed by atoms with Gasteiger partial charge in [0.2, 0.25) is 0 Å². The molecule has 0 saturated heterocycles. The first-order chi connectivity index (χ1) is 6.98. The van der Waals surface area contributed by atoms with Crippen LogP contribution in [0.1, 0.15) is 37.1 Å². The second kappa shape index (κ2) is 3.76. The third kappa shape index (κ3) is 2.32. The van der Waals surface area contributed by atoms with Gasteiger partial charge >= 0.3 is 0 Å². The molecule has 0 fully saturated rings. The van der Waals surface area contributed by atoms with Gasteiger partial charge in [0.25, 0.3) is 0 Å². The molecule has 1 nitrogen and oxygen atoms in total. The number of rotatable bonds is 1. The Balaban J connectivity index is 2.34. The van der Waals surface area contributed by atoms with E-state index in [9.17, 15) is 0 Å². The molecule has 1 aromatic rings. The van der Waals surface area contributed by atoms with Crippen molar-refractivity contribution in [2.75, 3.05) is 0 Å². The minimum atomic E-state index is 0.225. The van der Waals surface area contributed by atoms with Crippen molar-refractivity contribution in [1.29, 1.82) is 0 Å². The van der Waals surface area contributed by atoms with Crippen molar-refractivity contribution in [3.8, 4) is 0 Å². The third-order valence-corrected chi connectivity index (χ3v) is 3.92. The summed E-state index contributed by atoms with van der Waals surface area (Å²) in [7, 11) is 0. The molecule has 1 unspecified atom stereocenters. The van der Waals surface area contributed by atoms with Gasteiger partial charge in [-0.3, -0.25) is 0 Å². The lowest BCUT2D eigenvalue weighted by molar-refractivity contribution is 0.319. The van der Waals surface area contributed by atoms with E-state index in [2.05, 4.69) is 38.3 Å². The van der Waals surface area contributed by atoms with Crippen LogP contribution in [0.25, 0.3) is 5.57 Å². The maximum Gasteiger partial charge on any atom is 0.0234 e. The van der Waals surface area contributed by atoms with Gasteiger partial charge in [-0.2, -0.15) is 0 Å². The van der Waals surface area contributed by atoms with Crippen LogP contribution in [0.4, 0.5) is 0 Å². The van der Waals surface area contributed by atoms with Gasteiger partial charge in [-0.15, -0.1) is 11.3 Å². The van der Waals surface area contributed by atoms with Crippen molar-refractivity contribution < 1.29 is 0 Å². The molecule has 82 valence electrons. The highest BCUT2D eigenvalue weighted by atomic mass is 32.1. The summed E-state index contributed by atoms with van der Waals surface area (Å²) in [6.07, 6.45) is 4.50. The predicted octanol–water partition coefficient (Wildman–Crippen LogP) is 3.59. The van der Waals surface area contributed by atoms with Crippen molar-refractivity contribution in [3.63, 3.8) is 0 Å². The van der Waals surface area contributed by atoms with E-state index in [0.29, 0.717) is 5.41 Å². The van der Waals surface area contributed by atoms with E-state index in [1.54, 1.807) is 0 Å². The number of nitrogens with two attached hydrogens (primary N) is 1. The highest BCUT2D eigenvalue weighted by Crippen LogP contribution is 2.40. The van der Waals surface area contributed by atoms with Crippen LogP contribution in [0.2, 0.25) is 0 Å². The first kappa shape index (κ1) is 10.9. The summed E-state index contributed by atoms with van der Waals surface area (Å²) < 4.78 is 0. The molecule has 0 amide bonds. The Morgan fingerprint density at radius 2 is 2.20 bits per heavy atom. The summed E-state index contributed by atoms with van der Waals surface area (Å²) in [5.41, 5.74) is 9.28. The molecule has 1 aromatic heterocycles. The smallest absolute Gasteiger partial charge is 0.0234 e. The van der Waals surface area contributed by atoms with Crippen LogP contribution in [0.15, 0.2) is 17.5 Å². The fraction of sp³-hybridized carbons (Fsp3) is 0.538. The highest BCUT2D eigenvalue weighted by Gasteiger charge is 2.27. The van der Waals surface area contributed by atoms with Crippen molar-refractivity contribution >= 4 is 16.9 Å². The molecule has 1 aliphatic rings. The van der Waals surface area contributed by atoms with Gasteiger partial charge < -0.3 is 5.73 Å². The van der Waals surface area contributed by atoms with Gasteiger partial charge in [-0.25, -0.2) is 0 Å². The molecule has 1 aliphatic carbocycles. The molecular weight excluding hydrogens is 202 g/mol. The fourth-order valence-electron chi connectivity index (χ4n) is 2.51. The first-order valence-electron chi connectivity index (χ1n) is 5.49. The van der Waals surface area contributed by atoms with Crippen LogP contribution >= 0.6 is 11.3 Å². The summed E-state index contributed by atoms with van der Waals surface area (Å²) in [5.74, 6) is 0. The normalized spacial score (nSPS) is 25.1. The monoisotopic (exact) mass is 221 g/mol. The number of hydrogen-bond acceptors (Lipinski definition) is 2. The van der Waals surface area contributed by atoms with Crippen molar-refractivity contribution in [1.82, 2.24) is 0 Å². The molecule has 0 aliphatic heterocycles. The second-order valence-electron chi connectivity index (χ2n) is 5.29. The first-order valence-corrected chi connectivity index (χ1v) is 6.37. The molecule has 2 rings (SSSR count). The topological polar surface area (TPSA) is 26.0 Å². The zero-order valence-corrected chi connectivity index (χ0v) is 10.5. The average Bonchev–Trinajstić information content (AvgIpc) is 2.47. The lowest BCUT2D eigenvalue weighted by atomic mass is 9.74. The van der Waals surface area contributed by atoms with Crippen LogP contribution in [0, 0.1) is 12.3 Å². The van der Waals surface area contributed by atoms with Gasteiger partial charge in [0.1, 0.15) is 0 Å². The number of aryl methyl sites for hydroxylation is 1. The molecule has 1 atom stereocenters. The lowest BCUT2D eigenvalue weighted by Crippen LogP contribution is -2.30. The van der Waals surface area contributed by atoms with E-state index in [-0.39, 0.29) is 6.04 Å². The minimum absolute atomic E-state index is 0.225. The maximum absolute atomic E-state index is 6.08. The Morgan fingerprint density at radius 1 is 1.47 bits per heavy atom. The quantitative estimate of drug-likeness (QED) is 0.770. The molecule has 0 spiro atoms. The zero-order valence-electron chi connectivity index (χ0n) is 9.71. The van der Waals surface area contributed by atoms with Gasteiger partial charge in [-0.05, 0) is 47.8 Å². The molecule has 15 heavy (non-hydrogen) atoms. The number of thiophene rings is 1. The second-order valence-corrected chi connectivity index (χ2v) is 6.41. The van der Waals surface area contributed by atoms with Crippen LogP contribution in [0.3, 0.4) is 0 Å². The largest absolute Gasteiger partial charge is 0.324 e. The number of allylic oxidation sites excluding steroid dienone is 1. The minimum Gasteiger partial charge on any atom is -0.324 e. The van der Waals surface area contributed by atoms with Gasteiger partial charge in [0.15, 0.2) is 0 Å². The molecule has 2 heteroatoms. The van der Waals surface area contributed by atoms with Crippen molar-refractivity contribution in [2.24, 2.45) is 11.1 Å². The predicted molar refractivity (Wildman–Crippen MR) is 68.0 cm³/mol. The maximum atomic E-state index is 6.08. The van der Waals surface area contributed by atoms with Gasteiger partial charge in [0.05, 0.1) is 0 Å². The zero-order chi connectivity index (χ0) is 11.1. The fourth-order valence-corrected chi connectivity index (χ4v) is 3.24. The van der Waals surface area contributed by atoms with E-state index in [0.717, 1.165) is 12.8 Å². The van der Waals surface area contributed by atoms with Crippen LogP contribution in [-0.4, -0.2) is 6.04 Å². The average molecular weight is 221 g/mol. The van der Waals surface area contributed by atoms with Crippen LogP contribution < -0.4 is 5.73 Å². The summed E-state index contributed by atoms with van der Waals surface area (Å²) in [4.78, 5) is 1.41. The van der Waals surface area contributed by atoms with Crippen molar-refractivity contribution in [3.05, 3.63) is 28.0 Å². The highest BCUT2D eigenvalue weighted by molar-refractivity contribution is 7.10. The SMILES string of the molecule is Cc1sccc1C1=CC(N)CC(C)(C)C1. The van der Waals surface area contributed by atoms with Crippen LogP contribution in [0.5, 0.6) is 0 Å². The molecule has 0 bridgehead atoms. The lowest BCUT2D eigenvalue weighted by Gasteiger charge is -2.33. The Bertz CT molecular complexity index is 387. The standard InChI is InChI=1S/C13H19NS/c1-9-12(4-5-15-9)10-6-11(14)8-13(2,3)7-10/h4-6,11H,7-8,14H2,1-3H3. The van der Waals surface area contributed by atoms with Gasteiger partial charge in [-0.1, -0.05) is 19.9 Å². The summed E-state index contributed by atoms with van der Waals surface area (Å²) >= 11 is 1.82. The summed E-state index contributed by atoms with van der Waals surface area (Å²) in [6, 6.07) is 2.45. The van der Waals surface area contributed by atoms with E-state index < -0.39 is 0 Å². The number of hydrogen-bond donors (Lipinski definition) is 1. The molecule has 1 heterocycles. The summed E-state index contributed by atoms with van der Waals surface area (Å²) in [5, 5.41) is 2.17. The van der Waals surface area contributed by atoms with Gasteiger partial charge in [0, 0.05) is 10.9 Å². The van der Waals surface area contributed by atoms with E-state index >= 15 is 0 Å². The van der Waals surface area contributed by atoms with E-state index in [1.807, 2.05) is 11.3 Å². The molecule has 2 N–H and O–H groups in total. The Morgan fingerprint density at radius 3 is 2.73 bits per heavy atom. The summed E-state index contributed by atoms with van der Waals surface area (Å²) in [6.45, 7) is 6.80. The van der Waals surface area contributed by atoms with Crippen molar-refractivity contribution in [2.45, 2.75) is 39.7 Å². The Labute approximate surface area is 96.0 Å². The molecule has 0 saturated carbocycles.